The maximum absolute atomic E-state index is 12.7. The molecule has 0 atom stereocenters. The molecule has 0 unspecified atom stereocenters. The van der Waals surface area contributed by atoms with E-state index in [1.807, 2.05) is 44.2 Å². The lowest BCUT2D eigenvalue weighted by atomic mass is 10.1. The summed E-state index contributed by atoms with van der Waals surface area (Å²) in [5.41, 5.74) is 10.5. The van der Waals surface area contributed by atoms with E-state index in [1.54, 1.807) is 0 Å². The van der Waals surface area contributed by atoms with Crippen molar-refractivity contribution in [2.45, 2.75) is 13.8 Å². The quantitative estimate of drug-likeness (QED) is 0.697. The first-order chi connectivity index (χ1) is 14.5. The van der Waals surface area contributed by atoms with Gasteiger partial charge >= 0.3 is 0 Å². The molecule has 1 aliphatic heterocycles. The summed E-state index contributed by atoms with van der Waals surface area (Å²) < 4.78 is 0. The van der Waals surface area contributed by atoms with Crippen molar-refractivity contribution in [3.8, 4) is 0 Å². The van der Waals surface area contributed by atoms with E-state index in [1.165, 1.54) is 11.9 Å². The van der Waals surface area contributed by atoms with E-state index in [9.17, 15) is 4.79 Å². The van der Waals surface area contributed by atoms with Gasteiger partial charge in [-0.05, 0) is 49.2 Å². The Balaban J connectivity index is 1.42. The van der Waals surface area contributed by atoms with Crippen molar-refractivity contribution >= 4 is 29.0 Å². The minimum Gasteiger partial charge on any atom is -0.383 e. The number of carbonyl (C=O) groups is 1. The first-order valence-corrected chi connectivity index (χ1v) is 10.1. The van der Waals surface area contributed by atoms with Crippen LogP contribution in [0.4, 0.5) is 23.1 Å². The van der Waals surface area contributed by atoms with Crippen LogP contribution in [0.15, 0.2) is 54.7 Å². The number of carbonyl (C=O) groups excluding carboxylic acids is 1. The Hall–Kier alpha value is -3.61. The Morgan fingerprint density at radius 2 is 1.60 bits per heavy atom. The lowest BCUT2D eigenvalue weighted by Gasteiger charge is -2.36. The zero-order valence-electron chi connectivity index (χ0n) is 17.3. The maximum Gasteiger partial charge on any atom is 0.260 e. The summed E-state index contributed by atoms with van der Waals surface area (Å²) in [6, 6.07) is 16.2. The third-order valence-electron chi connectivity index (χ3n) is 5.21. The van der Waals surface area contributed by atoms with Gasteiger partial charge < -0.3 is 20.9 Å². The smallest absolute Gasteiger partial charge is 0.260 e. The SMILES string of the molecule is Cc1cc(C)cc(NC(=O)c2cnc(N3CCN(c4ccccc4)CC3)nc2N)c1. The van der Waals surface area contributed by atoms with Crippen molar-refractivity contribution in [3.63, 3.8) is 0 Å². The Morgan fingerprint density at radius 1 is 0.967 bits per heavy atom. The molecular formula is C23H26N6O. The van der Waals surface area contributed by atoms with Crippen molar-refractivity contribution in [2.24, 2.45) is 0 Å². The van der Waals surface area contributed by atoms with Gasteiger partial charge in [-0.25, -0.2) is 4.98 Å². The van der Waals surface area contributed by atoms with Gasteiger partial charge in [0.2, 0.25) is 5.95 Å². The highest BCUT2D eigenvalue weighted by atomic mass is 16.1. The molecule has 0 bridgehead atoms. The van der Waals surface area contributed by atoms with Crippen LogP contribution in [0.25, 0.3) is 0 Å². The number of aryl methyl sites for hydroxylation is 2. The first-order valence-electron chi connectivity index (χ1n) is 10.1. The number of nitrogens with one attached hydrogen (secondary N) is 1. The normalized spacial score (nSPS) is 13.9. The maximum atomic E-state index is 12.7. The zero-order valence-corrected chi connectivity index (χ0v) is 17.3. The number of amides is 1. The second-order valence-electron chi connectivity index (χ2n) is 7.61. The minimum absolute atomic E-state index is 0.187. The molecule has 1 amide bonds. The molecule has 2 heterocycles. The van der Waals surface area contributed by atoms with Gasteiger partial charge in [-0.15, -0.1) is 0 Å². The van der Waals surface area contributed by atoms with E-state index in [2.05, 4.69) is 43.3 Å². The van der Waals surface area contributed by atoms with Gasteiger partial charge in [-0.2, -0.15) is 4.98 Å². The number of nitrogens with two attached hydrogens (primary N) is 1. The Morgan fingerprint density at radius 3 is 2.23 bits per heavy atom. The predicted octanol–water partition coefficient (Wildman–Crippen LogP) is 3.25. The molecule has 2 aromatic carbocycles. The number of nitrogens with zero attached hydrogens (tertiary/aromatic N) is 4. The van der Waals surface area contributed by atoms with Crippen LogP contribution in [0, 0.1) is 13.8 Å². The number of para-hydroxylation sites is 1. The minimum atomic E-state index is -0.307. The second kappa shape index (κ2) is 8.41. The summed E-state index contributed by atoms with van der Waals surface area (Å²) in [4.78, 5) is 25.9. The molecule has 154 valence electrons. The van der Waals surface area contributed by atoms with Crippen LogP contribution in [0.1, 0.15) is 21.5 Å². The fourth-order valence-corrected chi connectivity index (χ4v) is 3.76. The Labute approximate surface area is 176 Å². The first kappa shape index (κ1) is 19.7. The molecule has 3 aromatic rings. The standard InChI is InChI=1S/C23H26N6O/c1-16-12-17(2)14-18(13-16)26-22(30)20-15-25-23(27-21(20)24)29-10-8-28(9-11-29)19-6-4-3-5-7-19/h3-7,12-15H,8-11H2,1-2H3,(H,26,30)(H2,24,25,27). The molecule has 1 saturated heterocycles. The van der Waals surface area contributed by atoms with Gasteiger partial charge in [0, 0.05) is 43.8 Å². The topological polar surface area (TPSA) is 87.4 Å². The molecule has 7 nitrogen and oxygen atoms in total. The number of benzene rings is 2. The number of anilines is 4. The van der Waals surface area contributed by atoms with Gasteiger partial charge in [0.05, 0.1) is 0 Å². The Bertz CT molecular complexity index is 1020. The third-order valence-corrected chi connectivity index (χ3v) is 5.21. The molecule has 0 aliphatic carbocycles. The van der Waals surface area contributed by atoms with E-state index in [0.29, 0.717) is 5.95 Å². The lowest BCUT2D eigenvalue weighted by molar-refractivity contribution is 0.102. The van der Waals surface area contributed by atoms with Crippen molar-refractivity contribution in [2.75, 3.05) is 47.0 Å². The van der Waals surface area contributed by atoms with Gasteiger partial charge in [0.1, 0.15) is 11.4 Å². The van der Waals surface area contributed by atoms with Crippen molar-refractivity contribution in [1.82, 2.24) is 9.97 Å². The second-order valence-corrected chi connectivity index (χ2v) is 7.61. The molecule has 0 spiro atoms. The van der Waals surface area contributed by atoms with Gasteiger partial charge in [0.15, 0.2) is 0 Å². The van der Waals surface area contributed by atoms with E-state index in [4.69, 9.17) is 5.73 Å². The van der Waals surface area contributed by atoms with E-state index in [-0.39, 0.29) is 17.3 Å². The molecule has 0 radical (unpaired) electrons. The van der Waals surface area contributed by atoms with Gasteiger partial charge in [-0.3, -0.25) is 4.79 Å². The molecule has 1 fully saturated rings. The highest BCUT2D eigenvalue weighted by Crippen LogP contribution is 2.21. The van der Waals surface area contributed by atoms with Gasteiger partial charge in [0.25, 0.3) is 5.91 Å². The Kier molecular flexibility index (Phi) is 5.52. The van der Waals surface area contributed by atoms with Crippen molar-refractivity contribution < 1.29 is 4.79 Å². The summed E-state index contributed by atoms with van der Waals surface area (Å²) in [6.45, 7) is 7.33. The fourth-order valence-electron chi connectivity index (χ4n) is 3.76. The summed E-state index contributed by atoms with van der Waals surface area (Å²) in [7, 11) is 0. The van der Waals surface area contributed by atoms with Crippen LogP contribution in [0.5, 0.6) is 0 Å². The molecular weight excluding hydrogens is 376 g/mol. The van der Waals surface area contributed by atoms with Crippen LogP contribution in [0.3, 0.4) is 0 Å². The molecule has 4 rings (SSSR count). The van der Waals surface area contributed by atoms with Crippen LogP contribution in [-0.4, -0.2) is 42.1 Å². The summed E-state index contributed by atoms with van der Waals surface area (Å²) in [5.74, 6) is 0.438. The van der Waals surface area contributed by atoms with E-state index in [0.717, 1.165) is 43.0 Å². The van der Waals surface area contributed by atoms with Crippen molar-refractivity contribution in [1.29, 1.82) is 0 Å². The lowest BCUT2D eigenvalue weighted by Crippen LogP contribution is -2.47. The summed E-state index contributed by atoms with van der Waals surface area (Å²) in [6.07, 6.45) is 1.51. The highest BCUT2D eigenvalue weighted by molar-refractivity contribution is 6.07. The van der Waals surface area contributed by atoms with Crippen LogP contribution in [-0.2, 0) is 0 Å². The summed E-state index contributed by atoms with van der Waals surface area (Å²) in [5, 5.41) is 2.88. The largest absolute Gasteiger partial charge is 0.383 e. The molecule has 1 aromatic heterocycles. The average molecular weight is 403 g/mol. The number of hydrogen-bond donors (Lipinski definition) is 2. The fraction of sp³-hybridized carbons (Fsp3) is 0.261. The number of aromatic nitrogens is 2. The predicted molar refractivity (Wildman–Crippen MR) is 121 cm³/mol. The van der Waals surface area contributed by atoms with E-state index < -0.39 is 0 Å². The van der Waals surface area contributed by atoms with Gasteiger partial charge in [-0.1, -0.05) is 24.3 Å². The third kappa shape index (κ3) is 4.35. The van der Waals surface area contributed by atoms with E-state index >= 15 is 0 Å². The number of rotatable bonds is 4. The molecule has 3 N–H and O–H groups in total. The highest BCUT2D eigenvalue weighted by Gasteiger charge is 2.21. The molecule has 30 heavy (non-hydrogen) atoms. The molecule has 7 heteroatoms. The molecule has 0 saturated carbocycles. The average Bonchev–Trinajstić information content (AvgIpc) is 2.73. The summed E-state index contributed by atoms with van der Waals surface area (Å²) >= 11 is 0. The van der Waals surface area contributed by atoms with Crippen LogP contribution < -0.4 is 20.9 Å². The monoisotopic (exact) mass is 402 g/mol. The number of piperazine rings is 1. The van der Waals surface area contributed by atoms with Crippen LogP contribution in [0.2, 0.25) is 0 Å². The van der Waals surface area contributed by atoms with Crippen molar-refractivity contribution in [3.05, 3.63) is 71.4 Å². The number of hydrogen-bond acceptors (Lipinski definition) is 6. The molecule has 1 aliphatic rings. The zero-order chi connectivity index (χ0) is 21.1. The number of nitrogen functional groups attached to an aromatic ring is 1. The van der Waals surface area contributed by atoms with Crippen LogP contribution >= 0.6 is 0 Å².